The van der Waals surface area contributed by atoms with Gasteiger partial charge in [-0.15, -0.1) is 0 Å². The molecule has 0 spiro atoms. The fourth-order valence-corrected chi connectivity index (χ4v) is 3.73. The van der Waals surface area contributed by atoms with E-state index in [-0.39, 0.29) is 0 Å². The van der Waals surface area contributed by atoms with Gasteiger partial charge in [0, 0.05) is 24.0 Å². The monoisotopic (exact) mass is 250 g/mol. The molecule has 1 N–H and O–H groups in total. The number of nitrogens with one attached hydrogen (secondary N) is 1. The molecular weight excluding hydrogens is 228 g/mol. The van der Waals surface area contributed by atoms with Gasteiger partial charge in [0.2, 0.25) is 0 Å². The van der Waals surface area contributed by atoms with Crippen LogP contribution in [0.25, 0.3) is 0 Å². The molecule has 1 saturated carbocycles. The molecule has 2 atom stereocenters. The smallest absolute Gasteiger partial charge is 0.0570 e. The number of aryl methyl sites for hydroxylation is 1. The molecule has 1 heterocycles. The standard InChI is InChI=1S/C14H22N2S/c1-3-17-14-8-4-7-12(14)16-10-13-11(2)6-5-9-15-13/h5-6,9,12,14,16H,3-4,7-8,10H2,1-2H3. The van der Waals surface area contributed by atoms with E-state index in [1.165, 1.54) is 36.3 Å². The highest BCUT2D eigenvalue weighted by Crippen LogP contribution is 2.30. The molecule has 1 aliphatic carbocycles. The van der Waals surface area contributed by atoms with Crippen LogP contribution in [0.15, 0.2) is 18.3 Å². The molecule has 0 bridgehead atoms. The van der Waals surface area contributed by atoms with Crippen LogP contribution in [-0.2, 0) is 6.54 Å². The summed E-state index contributed by atoms with van der Waals surface area (Å²) >= 11 is 2.10. The average Bonchev–Trinajstić information content (AvgIpc) is 2.76. The fraction of sp³-hybridized carbons (Fsp3) is 0.643. The molecule has 1 aromatic heterocycles. The summed E-state index contributed by atoms with van der Waals surface area (Å²) in [4.78, 5) is 4.44. The van der Waals surface area contributed by atoms with Gasteiger partial charge >= 0.3 is 0 Å². The Hall–Kier alpha value is -0.540. The van der Waals surface area contributed by atoms with Gasteiger partial charge in [0.25, 0.3) is 0 Å². The molecule has 2 rings (SSSR count). The zero-order valence-corrected chi connectivity index (χ0v) is 11.6. The number of rotatable bonds is 5. The summed E-state index contributed by atoms with van der Waals surface area (Å²) in [6.45, 7) is 5.30. The summed E-state index contributed by atoms with van der Waals surface area (Å²) in [5.74, 6) is 1.23. The van der Waals surface area contributed by atoms with Gasteiger partial charge in [-0.05, 0) is 37.1 Å². The Labute approximate surface area is 109 Å². The van der Waals surface area contributed by atoms with E-state index in [0.717, 1.165) is 11.8 Å². The highest BCUT2D eigenvalue weighted by Gasteiger charge is 2.26. The minimum absolute atomic E-state index is 0.682. The van der Waals surface area contributed by atoms with Gasteiger partial charge < -0.3 is 5.32 Å². The number of aromatic nitrogens is 1. The number of hydrogen-bond acceptors (Lipinski definition) is 3. The molecule has 2 unspecified atom stereocenters. The first-order chi connectivity index (χ1) is 8.31. The van der Waals surface area contributed by atoms with Crippen LogP contribution < -0.4 is 5.32 Å². The third kappa shape index (κ3) is 3.46. The summed E-state index contributed by atoms with van der Waals surface area (Å²) in [5.41, 5.74) is 2.48. The summed E-state index contributed by atoms with van der Waals surface area (Å²) < 4.78 is 0. The lowest BCUT2D eigenvalue weighted by Gasteiger charge is -2.20. The molecule has 1 aromatic rings. The molecule has 0 aliphatic heterocycles. The van der Waals surface area contributed by atoms with E-state index in [1.807, 2.05) is 12.3 Å². The maximum atomic E-state index is 4.44. The van der Waals surface area contributed by atoms with Gasteiger partial charge in [0.05, 0.1) is 5.69 Å². The van der Waals surface area contributed by atoms with Gasteiger partial charge in [0.1, 0.15) is 0 Å². The van der Waals surface area contributed by atoms with Crippen molar-refractivity contribution in [1.82, 2.24) is 10.3 Å². The van der Waals surface area contributed by atoms with Gasteiger partial charge in [-0.1, -0.05) is 19.4 Å². The Morgan fingerprint density at radius 2 is 2.35 bits per heavy atom. The quantitative estimate of drug-likeness (QED) is 0.869. The van der Waals surface area contributed by atoms with Crippen LogP contribution in [0, 0.1) is 6.92 Å². The lowest BCUT2D eigenvalue weighted by Crippen LogP contribution is -2.34. The van der Waals surface area contributed by atoms with Crippen LogP contribution in [0.4, 0.5) is 0 Å². The summed E-state index contributed by atoms with van der Waals surface area (Å²) in [5, 5.41) is 4.50. The Bertz CT molecular complexity index is 354. The normalized spacial score (nSPS) is 24.1. The Morgan fingerprint density at radius 3 is 3.12 bits per heavy atom. The fourth-order valence-electron chi connectivity index (χ4n) is 2.50. The molecule has 1 aliphatic rings. The summed E-state index contributed by atoms with van der Waals surface area (Å²) in [6, 6.07) is 4.82. The van der Waals surface area contributed by atoms with Crippen LogP contribution >= 0.6 is 11.8 Å². The van der Waals surface area contributed by atoms with Crippen LogP contribution in [0.3, 0.4) is 0 Å². The van der Waals surface area contributed by atoms with Crippen LogP contribution in [0.5, 0.6) is 0 Å². The molecular formula is C14H22N2S. The van der Waals surface area contributed by atoms with Gasteiger partial charge in [-0.2, -0.15) is 11.8 Å². The maximum absolute atomic E-state index is 4.44. The Balaban J connectivity index is 1.87. The summed E-state index contributed by atoms with van der Waals surface area (Å²) in [7, 11) is 0. The van der Waals surface area contributed by atoms with Gasteiger partial charge in [0.15, 0.2) is 0 Å². The second kappa shape index (κ2) is 6.41. The SMILES string of the molecule is CCSC1CCCC1NCc1ncccc1C. The van der Waals surface area contributed by atoms with E-state index in [4.69, 9.17) is 0 Å². The predicted molar refractivity (Wildman–Crippen MR) is 75.4 cm³/mol. The number of pyridine rings is 1. The van der Waals surface area contributed by atoms with Crippen molar-refractivity contribution in [3.63, 3.8) is 0 Å². The van der Waals surface area contributed by atoms with Crippen molar-refractivity contribution in [3.8, 4) is 0 Å². The zero-order chi connectivity index (χ0) is 12.1. The van der Waals surface area contributed by atoms with Crippen molar-refractivity contribution < 1.29 is 0 Å². The van der Waals surface area contributed by atoms with Crippen LogP contribution in [0.1, 0.15) is 37.4 Å². The predicted octanol–water partition coefficient (Wildman–Crippen LogP) is 3.15. The lowest BCUT2D eigenvalue weighted by molar-refractivity contribution is 0.526. The molecule has 17 heavy (non-hydrogen) atoms. The number of nitrogens with zero attached hydrogens (tertiary/aromatic N) is 1. The van der Waals surface area contributed by atoms with E-state index in [2.05, 4.69) is 42.0 Å². The maximum Gasteiger partial charge on any atom is 0.0570 e. The Morgan fingerprint density at radius 1 is 1.47 bits per heavy atom. The van der Waals surface area contributed by atoms with Crippen molar-refractivity contribution in [2.45, 2.75) is 50.9 Å². The third-order valence-electron chi connectivity index (χ3n) is 3.48. The number of thioether (sulfide) groups is 1. The first-order valence-electron chi connectivity index (χ1n) is 6.56. The average molecular weight is 250 g/mol. The Kier molecular flexibility index (Phi) is 4.86. The van der Waals surface area contributed by atoms with Crippen LogP contribution in [-0.4, -0.2) is 22.0 Å². The molecule has 0 amide bonds. The first kappa shape index (κ1) is 12.9. The highest BCUT2D eigenvalue weighted by molar-refractivity contribution is 7.99. The second-order valence-electron chi connectivity index (χ2n) is 4.68. The minimum atomic E-state index is 0.682. The molecule has 2 nitrogen and oxygen atoms in total. The van der Waals surface area contributed by atoms with E-state index in [0.29, 0.717) is 6.04 Å². The minimum Gasteiger partial charge on any atom is -0.307 e. The van der Waals surface area contributed by atoms with E-state index < -0.39 is 0 Å². The van der Waals surface area contributed by atoms with Gasteiger partial charge in [-0.25, -0.2) is 0 Å². The molecule has 94 valence electrons. The molecule has 0 radical (unpaired) electrons. The van der Waals surface area contributed by atoms with Crippen LogP contribution in [0.2, 0.25) is 0 Å². The van der Waals surface area contributed by atoms with E-state index in [9.17, 15) is 0 Å². The zero-order valence-electron chi connectivity index (χ0n) is 10.8. The lowest BCUT2D eigenvalue weighted by atomic mass is 10.2. The van der Waals surface area contributed by atoms with Gasteiger partial charge in [-0.3, -0.25) is 4.98 Å². The molecule has 3 heteroatoms. The van der Waals surface area contributed by atoms with Crippen molar-refractivity contribution in [1.29, 1.82) is 0 Å². The number of hydrogen-bond donors (Lipinski definition) is 1. The molecule has 1 fully saturated rings. The second-order valence-corrected chi connectivity index (χ2v) is 6.20. The van der Waals surface area contributed by atoms with E-state index in [1.54, 1.807) is 0 Å². The van der Waals surface area contributed by atoms with E-state index >= 15 is 0 Å². The topological polar surface area (TPSA) is 24.9 Å². The molecule has 0 aromatic carbocycles. The third-order valence-corrected chi connectivity index (χ3v) is 4.81. The van der Waals surface area contributed by atoms with Crippen molar-refractivity contribution in [3.05, 3.63) is 29.6 Å². The first-order valence-corrected chi connectivity index (χ1v) is 7.61. The largest absolute Gasteiger partial charge is 0.307 e. The molecule has 0 saturated heterocycles. The summed E-state index contributed by atoms with van der Waals surface area (Å²) in [6.07, 6.45) is 5.95. The van der Waals surface area contributed by atoms with Crippen molar-refractivity contribution in [2.75, 3.05) is 5.75 Å². The highest BCUT2D eigenvalue weighted by atomic mass is 32.2. The van der Waals surface area contributed by atoms with Crippen molar-refractivity contribution in [2.24, 2.45) is 0 Å². The van der Waals surface area contributed by atoms with Crippen molar-refractivity contribution >= 4 is 11.8 Å².